The van der Waals surface area contributed by atoms with Gasteiger partial charge in [-0.05, 0) is 43.4 Å². The molecule has 1 unspecified atom stereocenters. The van der Waals surface area contributed by atoms with Crippen LogP contribution in [0, 0.1) is 24.2 Å². The molecule has 2 aromatic rings. The van der Waals surface area contributed by atoms with Crippen molar-refractivity contribution in [2.45, 2.75) is 66.5 Å². The van der Waals surface area contributed by atoms with Crippen LogP contribution in [0.15, 0.2) is 40.0 Å². The average Bonchev–Trinajstić information content (AvgIpc) is 3.24. The summed E-state index contributed by atoms with van der Waals surface area (Å²) in [6.45, 7) is 13.2. The molecule has 0 spiro atoms. The Morgan fingerprint density at radius 1 is 1.10 bits per heavy atom. The zero-order chi connectivity index (χ0) is 29.5. The molecule has 2 fully saturated rings. The molecule has 0 radical (unpaired) electrons. The van der Waals surface area contributed by atoms with Gasteiger partial charge in [-0.2, -0.15) is 5.26 Å². The number of benzene rings is 1. The van der Waals surface area contributed by atoms with E-state index in [4.69, 9.17) is 12.2 Å². The van der Waals surface area contributed by atoms with Crippen LogP contribution < -0.4 is 10.5 Å². The van der Waals surface area contributed by atoms with Crippen LogP contribution in [0.25, 0.3) is 6.08 Å². The van der Waals surface area contributed by atoms with Crippen LogP contribution in [0.3, 0.4) is 0 Å². The summed E-state index contributed by atoms with van der Waals surface area (Å²) in [4.78, 5) is 34.0. The summed E-state index contributed by atoms with van der Waals surface area (Å²) in [5.74, 6) is 1.11. The number of thioether (sulfide) groups is 1. The van der Waals surface area contributed by atoms with Gasteiger partial charge in [-0.25, -0.2) is 0 Å². The molecule has 0 aliphatic carbocycles. The molecule has 1 amide bonds. The number of hydrogen-bond acceptors (Lipinski definition) is 7. The maximum atomic E-state index is 13.6. The molecule has 218 valence electrons. The maximum Gasteiger partial charge on any atom is 0.270 e. The summed E-state index contributed by atoms with van der Waals surface area (Å²) in [6, 6.07) is 12.6. The first kappa shape index (κ1) is 31.0. The van der Waals surface area contributed by atoms with Crippen molar-refractivity contribution in [3.63, 3.8) is 0 Å². The van der Waals surface area contributed by atoms with Gasteiger partial charge < -0.3 is 4.90 Å². The van der Waals surface area contributed by atoms with Crippen molar-refractivity contribution in [1.29, 1.82) is 5.26 Å². The van der Waals surface area contributed by atoms with Gasteiger partial charge in [0.2, 0.25) is 0 Å². The van der Waals surface area contributed by atoms with Crippen molar-refractivity contribution in [2.24, 2.45) is 5.92 Å². The van der Waals surface area contributed by atoms with E-state index < -0.39 is 0 Å². The number of carbonyl (C=O) groups excluding carboxylic acids is 1. The zero-order valence-corrected chi connectivity index (χ0v) is 26.3. The third kappa shape index (κ3) is 6.94. The third-order valence-corrected chi connectivity index (χ3v) is 9.59. The monoisotopic (exact) mass is 591 g/mol. The first-order valence-corrected chi connectivity index (χ1v) is 16.0. The summed E-state index contributed by atoms with van der Waals surface area (Å²) < 4.78 is 2.28. The minimum Gasteiger partial charge on any atom is -0.355 e. The number of piperazine rings is 1. The molecule has 9 heteroatoms. The summed E-state index contributed by atoms with van der Waals surface area (Å²) in [5, 5.41) is 9.91. The number of nitrogens with zero attached hydrogens (tertiary/aromatic N) is 5. The molecule has 1 atom stereocenters. The summed E-state index contributed by atoms with van der Waals surface area (Å²) in [7, 11) is 0. The van der Waals surface area contributed by atoms with E-state index in [0.29, 0.717) is 33.8 Å². The summed E-state index contributed by atoms with van der Waals surface area (Å²) in [6.07, 6.45) is 6.23. The van der Waals surface area contributed by atoms with Gasteiger partial charge in [0.15, 0.2) is 0 Å². The molecule has 2 aliphatic heterocycles. The molecule has 2 saturated heterocycles. The second-order valence-electron chi connectivity index (χ2n) is 10.9. The molecule has 7 nitrogen and oxygen atoms in total. The number of carbonyl (C=O) groups is 1. The molecule has 41 heavy (non-hydrogen) atoms. The fraction of sp³-hybridized carbons (Fsp3) is 0.500. The van der Waals surface area contributed by atoms with Crippen molar-refractivity contribution in [3.05, 3.63) is 67.8 Å². The minimum atomic E-state index is -0.277. The number of anilines is 1. The quantitative estimate of drug-likeness (QED) is 0.242. The number of nitriles is 1. The summed E-state index contributed by atoms with van der Waals surface area (Å²) in [5.41, 5.74) is 2.51. The molecule has 1 aromatic carbocycles. The Hall–Kier alpha value is -2.93. The predicted molar refractivity (Wildman–Crippen MR) is 173 cm³/mol. The van der Waals surface area contributed by atoms with Crippen molar-refractivity contribution >= 4 is 46.1 Å². The van der Waals surface area contributed by atoms with Gasteiger partial charge in [-0.3, -0.25) is 24.0 Å². The second-order valence-corrected chi connectivity index (χ2v) is 12.5. The van der Waals surface area contributed by atoms with Crippen molar-refractivity contribution < 1.29 is 4.79 Å². The average molecular weight is 592 g/mol. The SMILES string of the molecule is CCCCC(CC)CN1C(=O)C(=Cc2c(C)c(C#N)c(=O)n(CC)c2N2CCN(Cc3ccccc3)CC2)SC1=S. The first-order valence-electron chi connectivity index (χ1n) is 14.8. The number of amides is 1. The Kier molecular flexibility index (Phi) is 10.8. The lowest BCUT2D eigenvalue weighted by atomic mass is 9.99. The van der Waals surface area contributed by atoms with Crippen LogP contribution in [0.4, 0.5) is 5.82 Å². The number of rotatable bonds is 11. The number of thiocarbonyl (C=S) groups is 1. The number of aromatic nitrogens is 1. The van der Waals surface area contributed by atoms with Crippen molar-refractivity contribution in [3.8, 4) is 6.07 Å². The molecule has 3 heterocycles. The lowest BCUT2D eigenvalue weighted by Crippen LogP contribution is -2.48. The fourth-order valence-electron chi connectivity index (χ4n) is 5.70. The van der Waals surface area contributed by atoms with Crippen LogP contribution in [0.2, 0.25) is 0 Å². The highest BCUT2D eigenvalue weighted by molar-refractivity contribution is 8.26. The standard InChI is InChI=1S/C32H41N5O2S2/c1-5-8-12-24(6-2)22-37-31(39)28(41-32(37)40)19-26-23(4)27(20-33)30(38)36(7-3)29(26)35-17-15-34(16-18-35)21-25-13-10-9-11-14-25/h9-11,13-14,19,24H,5-8,12,15-18,21-22H2,1-4H3. The lowest BCUT2D eigenvalue weighted by Gasteiger charge is -2.38. The van der Waals surface area contributed by atoms with Crippen molar-refractivity contribution in [2.75, 3.05) is 37.6 Å². The Morgan fingerprint density at radius 3 is 2.41 bits per heavy atom. The van der Waals surface area contributed by atoms with E-state index in [2.05, 4.69) is 54.0 Å². The molecular formula is C32H41N5O2S2. The van der Waals surface area contributed by atoms with Gasteiger partial charge >= 0.3 is 0 Å². The van der Waals surface area contributed by atoms with Crippen LogP contribution in [0.5, 0.6) is 0 Å². The van der Waals surface area contributed by atoms with Gasteiger partial charge in [-0.1, -0.05) is 87.4 Å². The molecule has 1 aromatic heterocycles. The van der Waals surface area contributed by atoms with Gasteiger partial charge in [0, 0.05) is 51.4 Å². The Labute approximate surface area is 253 Å². The molecular weight excluding hydrogens is 551 g/mol. The third-order valence-electron chi connectivity index (χ3n) is 8.22. The highest BCUT2D eigenvalue weighted by atomic mass is 32.2. The van der Waals surface area contributed by atoms with E-state index in [1.807, 2.05) is 26.0 Å². The van der Waals surface area contributed by atoms with Crippen LogP contribution in [-0.2, 0) is 17.9 Å². The maximum absolute atomic E-state index is 13.6. The minimum absolute atomic E-state index is 0.0827. The van der Waals surface area contributed by atoms with E-state index in [9.17, 15) is 14.9 Å². The van der Waals surface area contributed by atoms with Crippen LogP contribution in [-0.4, -0.2) is 57.3 Å². The van der Waals surface area contributed by atoms with E-state index in [1.54, 1.807) is 9.47 Å². The largest absolute Gasteiger partial charge is 0.355 e. The van der Waals surface area contributed by atoms with Crippen molar-refractivity contribution in [1.82, 2.24) is 14.4 Å². The number of pyridine rings is 1. The number of unbranched alkanes of at least 4 members (excludes halogenated alkanes) is 1. The Morgan fingerprint density at radius 2 is 1.80 bits per heavy atom. The second kappa shape index (κ2) is 14.3. The van der Waals surface area contributed by atoms with E-state index in [-0.39, 0.29) is 17.0 Å². The topological polar surface area (TPSA) is 72.6 Å². The van der Waals surface area contributed by atoms with E-state index >= 15 is 0 Å². The smallest absolute Gasteiger partial charge is 0.270 e. The van der Waals surface area contributed by atoms with E-state index in [0.717, 1.165) is 69.8 Å². The number of hydrogen-bond donors (Lipinski definition) is 0. The Bertz CT molecular complexity index is 1390. The zero-order valence-electron chi connectivity index (χ0n) is 24.7. The van der Waals surface area contributed by atoms with Gasteiger partial charge in [-0.15, -0.1) is 0 Å². The fourth-order valence-corrected chi connectivity index (χ4v) is 6.96. The highest BCUT2D eigenvalue weighted by Gasteiger charge is 2.34. The predicted octanol–water partition coefficient (Wildman–Crippen LogP) is 5.79. The molecule has 0 bridgehead atoms. The van der Waals surface area contributed by atoms with Gasteiger partial charge in [0.05, 0.1) is 4.91 Å². The van der Waals surface area contributed by atoms with Crippen LogP contribution >= 0.6 is 24.0 Å². The van der Waals surface area contributed by atoms with Crippen LogP contribution in [0.1, 0.15) is 68.7 Å². The van der Waals surface area contributed by atoms with Gasteiger partial charge in [0.1, 0.15) is 21.8 Å². The van der Waals surface area contributed by atoms with E-state index in [1.165, 1.54) is 17.3 Å². The molecule has 0 saturated carbocycles. The molecule has 2 aliphatic rings. The summed E-state index contributed by atoms with van der Waals surface area (Å²) >= 11 is 6.99. The Balaban J connectivity index is 1.66. The molecule has 0 N–H and O–H groups in total. The van der Waals surface area contributed by atoms with Gasteiger partial charge in [0.25, 0.3) is 11.5 Å². The normalized spacial score (nSPS) is 17.9. The highest BCUT2D eigenvalue weighted by Crippen LogP contribution is 2.37. The molecule has 4 rings (SSSR count). The lowest BCUT2D eigenvalue weighted by molar-refractivity contribution is -0.122. The first-order chi connectivity index (χ1) is 19.8.